The van der Waals surface area contributed by atoms with E-state index in [0.29, 0.717) is 0 Å². The summed E-state index contributed by atoms with van der Waals surface area (Å²) in [6, 6.07) is 0. The lowest BCUT2D eigenvalue weighted by Crippen LogP contribution is -2.66. The summed E-state index contributed by atoms with van der Waals surface area (Å²) in [7, 11) is 1.08. The third-order valence-electron chi connectivity index (χ3n) is 8.37. The summed E-state index contributed by atoms with van der Waals surface area (Å²) in [5, 5.41) is 133. The van der Waals surface area contributed by atoms with Crippen LogP contribution in [0, 0.1) is 0 Å². The number of carbonyl (C=O) groups is 1. The number of hydrogen-bond acceptors (Lipinski definition) is 21. The van der Waals surface area contributed by atoms with Gasteiger partial charge in [0.2, 0.25) is 0 Å². The Morgan fingerprint density at radius 3 is 1.51 bits per heavy atom. The third kappa shape index (κ3) is 7.87. The van der Waals surface area contributed by atoms with Gasteiger partial charge in [-0.05, 0) is 0 Å². The van der Waals surface area contributed by atoms with E-state index in [-0.39, 0.29) is 0 Å². The van der Waals surface area contributed by atoms with E-state index in [0.717, 1.165) is 7.11 Å². The van der Waals surface area contributed by atoms with Crippen LogP contribution in [0.15, 0.2) is 0 Å². The van der Waals surface area contributed by atoms with Crippen molar-refractivity contribution in [3.63, 3.8) is 0 Å². The lowest BCUT2D eigenvalue weighted by atomic mass is 9.96. The van der Waals surface area contributed by atoms with Crippen LogP contribution in [0.5, 0.6) is 0 Å². The molecule has 8 unspecified atom stereocenters. The maximum atomic E-state index is 11.8. The summed E-state index contributed by atoms with van der Waals surface area (Å²) in [6.07, 6.45) is -36.0. The predicted octanol–water partition coefficient (Wildman–Crippen LogP) is -9.00. The van der Waals surface area contributed by atoms with Crippen molar-refractivity contribution in [2.45, 2.75) is 123 Å². The Bertz CT molecular complexity index is 1000. The van der Waals surface area contributed by atoms with E-state index in [2.05, 4.69) is 0 Å². The van der Waals surface area contributed by atoms with Crippen LogP contribution in [-0.4, -0.2) is 222 Å². The van der Waals surface area contributed by atoms with Crippen LogP contribution in [0.4, 0.5) is 0 Å². The largest absolute Gasteiger partial charge is 0.479 e. The fourth-order valence-corrected chi connectivity index (χ4v) is 5.59. The van der Waals surface area contributed by atoms with Crippen molar-refractivity contribution in [1.29, 1.82) is 0 Å². The Kier molecular flexibility index (Phi) is 13.2. The summed E-state index contributed by atoms with van der Waals surface area (Å²) in [5.41, 5.74) is 0. The maximum absolute atomic E-state index is 11.8. The number of aliphatic carboxylic acids is 1. The molecule has 0 aliphatic carbocycles. The first kappa shape index (κ1) is 38.5. The van der Waals surface area contributed by atoms with Gasteiger partial charge in [0.05, 0.1) is 19.8 Å². The summed E-state index contributed by atoms with van der Waals surface area (Å²) < 4.78 is 42.4. The van der Waals surface area contributed by atoms with Gasteiger partial charge in [0.25, 0.3) is 0 Å². The van der Waals surface area contributed by atoms with E-state index < -0.39 is 149 Å². The Morgan fingerprint density at radius 2 is 0.979 bits per heavy atom. The molecule has 0 aromatic rings. The van der Waals surface area contributed by atoms with Gasteiger partial charge in [-0.1, -0.05) is 0 Å². The average Bonchev–Trinajstić information content (AvgIpc) is 3.05. The quantitative estimate of drug-likeness (QED) is 0.0954. The molecule has 0 aromatic heterocycles. The number of aliphatic hydroxyl groups excluding tert-OH is 12. The molecule has 274 valence electrons. The minimum Gasteiger partial charge on any atom is -0.479 e. The van der Waals surface area contributed by atoms with Crippen molar-refractivity contribution < 1.29 is 109 Å². The highest BCUT2D eigenvalue weighted by molar-refractivity contribution is 5.73. The van der Waals surface area contributed by atoms with Crippen LogP contribution in [0.1, 0.15) is 0 Å². The van der Waals surface area contributed by atoms with E-state index in [9.17, 15) is 71.2 Å². The minimum absolute atomic E-state index is 0.768. The van der Waals surface area contributed by atoms with E-state index in [1.165, 1.54) is 0 Å². The first-order valence-corrected chi connectivity index (χ1v) is 14.5. The van der Waals surface area contributed by atoms with Crippen LogP contribution < -0.4 is 0 Å². The molecule has 0 saturated carbocycles. The fraction of sp³-hybridized carbons (Fsp3) is 0.960. The molecule has 0 amide bonds. The van der Waals surface area contributed by atoms with Gasteiger partial charge >= 0.3 is 5.97 Å². The van der Waals surface area contributed by atoms with E-state index in [4.69, 9.17) is 37.9 Å². The zero-order chi connectivity index (χ0) is 34.9. The highest BCUT2D eigenvalue weighted by atomic mass is 16.8. The van der Waals surface area contributed by atoms with Gasteiger partial charge in [-0.25, -0.2) is 4.79 Å². The number of carboxylic acids is 1. The summed E-state index contributed by atoms with van der Waals surface area (Å²) in [6.45, 7) is -2.42. The van der Waals surface area contributed by atoms with Crippen molar-refractivity contribution in [2.75, 3.05) is 26.9 Å². The Balaban J connectivity index is 1.41. The molecule has 13 N–H and O–H groups in total. The standard InChI is InChI=1S/C25H42O22/c1-40-22-16(36)13(33)19(20(47-22)21(38)39)46-25-15(35)11(31)9(29)7(44-25)4-41-23-17(37)12(32)18(6(3-27)43-23)45-24-14(34)10(30)8(28)5(2-26)42-24/h5-20,22-37H,2-4H2,1H3,(H,38,39)/t5?,6?,7?,8-,9-,10+,11+,12-,13-,14?,15?,16?,17?,18+,19+,20?,22+,23+,24-,25-/m1/s1. The molecule has 47 heavy (non-hydrogen) atoms. The third-order valence-corrected chi connectivity index (χ3v) is 8.37. The number of aliphatic hydroxyl groups is 12. The molecule has 4 rings (SSSR count). The van der Waals surface area contributed by atoms with E-state index in [1.807, 2.05) is 0 Å². The molecule has 4 fully saturated rings. The summed E-state index contributed by atoms with van der Waals surface area (Å²) in [4.78, 5) is 11.8. The second-order valence-corrected chi connectivity index (χ2v) is 11.4. The topological polar surface area (TPSA) is 354 Å². The van der Waals surface area contributed by atoms with E-state index in [1.54, 1.807) is 0 Å². The van der Waals surface area contributed by atoms with Crippen LogP contribution in [0.25, 0.3) is 0 Å². The fourth-order valence-electron chi connectivity index (χ4n) is 5.59. The van der Waals surface area contributed by atoms with Crippen LogP contribution in [0.2, 0.25) is 0 Å². The van der Waals surface area contributed by atoms with E-state index >= 15 is 0 Å². The number of ether oxygens (including phenoxy) is 8. The normalized spacial score (nSPS) is 51.1. The molecular formula is C25H42O22. The zero-order valence-corrected chi connectivity index (χ0v) is 24.7. The van der Waals surface area contributed by atoms with Gasteiger partial charge in [0, 0.05) is 7.11 Å². The van der Waals surface area contributed by atoms with Gasteiger partial charge in [-0.3, -0.25) is 0 Å². The predicted molar refractivity (Wildman–Crippen MR) is 139 cm³/mol. The highest BCUT2D eigenvalue weighted by Crippen LogP contribution is 2.32. The van der Waals surface area contributed by atoms with Crippen molar-refractivity contribution in [3.8, 4) is 0 Å². The highest BCUT2D eigenvalue weighted by Gasteiger charge is 2.54. The number of carboxylic acid groups (broad SMARTS) is 1. The molecule has 0 bridgehead atoms. The molecule has 4 saturated heterocycles. The number of hydrogen-bond donors (Lipinski definition) is 13. The summed E-state index contributed by atoms with van der Waals surface area (Å²) in [5.74, 6) is -1.65. The van der Waals surface area contributed by atoms with Crippen molar-refractivity contribution in [1.82, 2.24) is 0 Å². The molecule has 4 aliphatic heterocycles. The lowest BCUT2D eigenvalue weighted by Gasteiger charge is -2.47. The van der Waals surface area contributed by atoms with Crippen molar-refractivity contribution in [2.24, 2.45) is 0 Å². The second-order valence-electron chi connectivity index (χ2n) is 11.4. The smallest absolute Gasteiger partial charge is 0.335 e. The monoisotopic (exact) mass is 694 g/mol. The van der Waals surface area contributed by atoms with Crippen molar-refractivity contribution >= 4 is 5.97 Å². The van der Waals surface area contributed by atoms with Crippen molar-refractivity contribution in [3.05, 3.63) is 0 Å². The van der Waals surface area contributed by atoms with Gasteiger partial charge in [-0.2, -0.15) is 0 Å². The van der Waals surface area contributed by atoms with Crippen LogP contribution >= 0.6 is 0 Å². The van der Waals surface area contributed by atoms with Gasteiger partial charge in [-0.15, -0.1) is 0 Å². The molecule has 22 heteroatoms. The first-order valence-electron chi connectivity index (χ1n) is 14.5. The molecule has 4 aliphatic rings. The molecule has 0 radical (unpaired) electrons. The van der Waals surface area contributed by atoms with Gasteiger partial charge in [0.1, 0.15) is 91.6 Å². The molecular weight excluding hydrogens is 652 g/mol. The maximum Gasteiger partial charge on any atom is 0.335 e. The minimum atomic E-state index is -2.03. The van der Waals surface area contributed by atoms with Gasteiger partial charge < -0.3 is 104 Å². The molecule has 22 nitrogen and oxygen atoms in total. The first-order chi connectivity index (χ1) is 22.2. The van der Waals surface area contributed by atoms with Crippen LogP contribution in [-0.2, 0) is 42.7 Å². The second kappa shape index (κ2) is 16.1. The Morgan fingerprint density at radius 1 is 0.532 bits per heavy atom. The number of methoxy groups -OCH3 is 1. The SMILES string of the molecule is CO[C@H]1OC(C(=O)O)[C@@H](O[C@H]2OC(CO[C@H]3OC(CO)[C@H](O[C@H]4OC(CO)[C@@H](O)[C@H](O)C4O)[C@H](O)C3O)[C@@H](O)[C@H](O)C2O)[C@H](O)C1O. The number of rotatable bonds is 11. The van der Waals surface area contributed by atoms with Gasteiger partial charge in [0.15, 0.2) is 31.3 Å². The lowest BCUT2D eigenvalue weighted by molar-refractivity contribution is -0.370. The molecule has 4 heterocycles. The Labute approximate surface area is 265 Å². The molecule has 0 aromatic carbocycles. The summed E-state index contributed by atoms with van der Waals surface area (Å²) >= 11 is 0. The Hall–Kier alpha value is -1.33. The zero-order valence-electron chi connectivity index (χ0n) is 24.7. The average molecular weight is 695 g/mol. The molecule has 20 atom stereocenters. The molecule has 0 spiro atoms. The van der Waals surface area contributed by atoms with Crippen LogP contribution in [0.3, 0.4) is 0 Å².